The van der Waals surface area contributed by atoms with Gasteiger partial charge in [-0.15, -0.1) is 0 Å². The maximum absolute atomic E-state index is 10.6. The van der Waals surface area contributed by atoms with E-state index in [9.17, 15) is 4.79 Å². The maximum atomic E-state index is 10.6. The van der Waals surface area contributed by atoms with Crippen molar-refractivity contribution in [1.82, 2.24) is 0 Å². The zero-order chi connectivity index (χ0) is 18.1. The van der Waals surface area contributed by atoms with E-state index in [1.54, 1.807) is 12.5 Å². The van der Waals surface area contributed by atoms with Crippen molar-refractivity contribution in [2.45, 2.75) is 58.8 Å². The summed E-state index contributed by atoms with van der Waals surface area (Å²) in [6, 6.07) is 4.06. The van der Waals surface area contributed by atoms with Gasteiger partial charge in [0.1, 0.15) is 5.76 Å². The van der Waals surface area contributed by atoms with Gasteiger partial charge in [0.15, 0.2) is 0 Å². The zero-order valence-electron chi connectivity index (χ0n) is 15.2. The number of aryl methyl sites for hydroxylation is 1. The molecule has 0 saturated carbocycles. The minimum Gasteiger partial charge on any atom is -0.481 e. The summed E-state index contributed by atoms with van der Waals surface area (Å²) in [5.41, 5.74) is 3.72. The van der Waals surface area contributed by atoms with Crippen LogP contribution in [0.2, 0.25) is 0 Å². The van der Waals surface area contributed by atoms with Gasteiger partial charge in [0.25, 0.3) is 0 Å². The van der Waals surface area contributed by atoms with Crippen molar-refractivity contribution in [3.63, 3.8) is 0 Å². The smallest absolute Gasteiger partial charge is 0.303 e. The number of carbonyl (C=O) groups is 1. The van der Waals surface area contributed by atoms with Gasteiger partial charge in [-0.05, 0) is 68.2 Å². The minimum atomic E-state index is -0.702. The molecule has 136 valence electrons. The molecule has 2 aromatic rings. The summed E-state index contributed by atoms with van der Waals surface area (Å²) in [5, 5.41) is 8.77. The fourth-order valence-corrected chi connectivity index (χ4v) is 2.96. The summed E-state index contributed by atoms with van der Waals surface area (Å²) >= 11 is 0. The summed E-state index contributed by atoms with van der Waals surface area (Å²) in [5.74, 6) is 0.515. The molecule has 1 atom stereocenters. The number of carboxylic acids is 1. The first-order valence-corrected chi connectivity index (χ1v) is 8.97. The molecule has 0 aliphatic carbocycles. The van der Waals surface area contributed by atoms with Crippen molar-refractivity contribution in [3.05, 3.63) is 59.5 Å². The van der Waals surface area contributed by atoms with Gasteiger partial charge in [-0.2, -0.15) is 0 Å². The molecule has 0 radical (unpaired) electrons. The Bertz CT molecular complexity index is 664. The van der Waals surface area contributed by atoms with Crippen LogP contribution in [0.25, 0.3) is 0 Å². The van der Waals surface area contributed by atoms with Crippen molar-refractivity contribution in [2.24, 2.45) is 5.92 Å². The van der Waals surface area contributed by atoms with E-state index in [1.807, 2.05) is 19.3 Å². The quantitative estimate of drug-likeness (QED) is 0.537. The predicted molar refractivity (Wildman–Crippen MR) is 97.6 cm³/mol. The van der Waals surface area contributed by atoms with Crippen molar-refractivity contribution >= 4 is 5.97 Å². The van der Waals surface area contributed by atoms with Crippen LogP contribution in [0.1, 0.15) is 62.8 Å². The number of rotatable bonds is 11. The van der Waals surface area contributed by atoms with E-state index < -0.39 is 5.97 Å². The SMILES string of the molecule is CC(=CCCc1coc(Cc2ccoc2)c1)CCCC(C)CC(=O)O. The number of hydrogen-bond donors (Lipinski definition) is 1. The van der Waals surface area contributed by atoms with E-state index in [0.29, 0.717) is 0 Å². The fourth-order valence-electron chi connectivity index (χ4n) is 2.96. The Labute approximate surface area is 149 Å². The van der Waals surface area contributed by atoms with Gasteiger partial charge in [-0.3, -0.25) is 4.79 Å². The lowest BCUT2D eigenvalue weighted by atomic mass is 9.98. The molecule has 1 unspecified atom stereocenters. The Kier molecular flexibility index (Phi) is 7.58. The fraction of sp³-hybridized carbons (Fsp3) is 0.476. The lowest BCUT2D eigenvalue weighted by Crippen LogP contribution is -2.03. The first kappa shape index (κ1) is 19.1. The number of furan rings is 2. The molecular formula is C21H28O4. The number of hydrogen-bond acceptors (Lipinski definition) is 3. The second-order valence-electron chi connectivity index (χ2n) is 6.91. The molecule has 0 saturated heterocycles. The molecule has 2 heterocycles. The number of aliphatic carboxylic acids is 1. The highest BCUT2D eigenvalue weighted by molar-refractivity contribution is 5.66. The topological polar surface area (TPSA) is 63.6 Å². The average Bonchev–Trinajstić information content (AvgIpc) is 3.19. The highest BCUT2D eigenvalue weighted by Gasteiger charge is 2.07. The normalized spacial score (nSPS) is 13.1. The summed E-state index contributed by atoms with van der Waals surface area (Å²) in [6.45, 7) is 4.16. The van der Waals surface area contributed by atoms with Crippen molar-refractivity contribution < 1.29 is 18.7 Å². The number of carboxylic acid groups (broad SMARTS) is 1. The standard InChI is InChI=1S/C21H28O4/c1-16(5-3-7-17(2)11-21(22)23)6-4-8-18-12-20(25-15-18)13-19-9-10-24-14-19/h6,9-10,12,14-15,17H,3-5,7-8,11,13H2,1-2H3,(H,22,23). The third-order valence-electron chi connectivity index (χ3n) is 4.38. The molecule has 2 rings (SSSR count). The van der Waals surface area contributed by atoms with Crippen LogP contribution in [0.4, 0.5) is 0 Å². The molecule has 0 amide bonds. The van der Waals surface area contributed by atoms with Gasteiger partial charge in [-0.25, -0.2) is 0 Å². The highest BCUT2D eigenvalue weighted by atomic mass is 16.4. The maximum Gasteiger partial charge on any atom is 0.303 e. The molecule has 0 aromatic carbocycles. The Balaban J connectivity index is 1.66. The van der Waals surface area contributed by atoms with Gasteiger partial charge < -0.3 is 13.9 Å². The number of allylic oxidation sites excluding steroid dienone is 2. The molecule has 2 aromatic heterocycles. The second-order valence-corrected chi connectivity index (χ2v) is 6.91. The third-order valence-corrected chi connectivity index (χ3v) is 4.38. The van der Waals surface area contributed by atoms with Crippen LogP contribution in [0, 0.1) is 5.92 Å². The molecule has 25 heavy (non-hydrogen) atoms. The molecule has 1 N–H and O–H groups in total. The lowest BCUT2D eigenvalue weighted by Gasteiger charge is -2.08. The summed E-state index contributed by atoms with van der Waals surface area (Å²) in [7, 11) is 0. The van der Waals surface area contributed by atoms with Gasteiger partial charge in [0, 0.05) is 12.8 Å². The van der Waals surface area contributed by atoms with E-state index in [4.69, 9.17) is 13.9 Å². The van der Waals surface area contributed by atoms with Crippen molar-refractivity contribution in [3.8, 4) is 0 Å². The second kappa shape index (κ2) is 9.92. The van der Waals surface area contributed by atoms with Gasteiger partial charge in [0.2, 0.25) is 0 Å². The van der Waals surface area contributed by atoms with Crippen LogP contribution in [-0.2, 0) is 17.6 Å². The zero-order valence-corrected chi connectivity index (χ0v) is 15.2. The molecule has 4 heteroatoms. The molecule has 0 aliphatic rings. The largest absolute Gasteiger partial charge is 0.481 e. The molecule has 4 nitrogen and oxygen atoms in total. The third kappa shape index (κ3) is 7.46. The van der Waals surface area contributed by atoms with E-state index >= 15 is 0 Å². The Morgan fingerprint density at radius 1 is 1.32 bits per heavy atom. The minimum absolute atomic E-state index is 0.255. The summed E-state index contributed by atoms with van der Waals surface area (Å²) in [6.07, 6.45) is 13.6. The van der Waals surface area contributed by atoms with Crippen LogP contribution in [0.3, 0.4) is 0 Å². The lowest BCUT2D eigenvalue weighted by molar-refractivity contribution is -0.138. The van der Waals surface area contributed by atoms with Crippen molar-refractivity contribution in [1.29, 1.82) is 0 Å². The van der Waals surface area contributed by atoms with Crippen molar-refractivity contribution in [2.75, 3.05) is 0 Å². The van der Waals surface area contributed by atoms with E-state index in [1.165, 1.54) is 11.1 Å². The Hall–Kier alpha value is -2.23. The van der Waals surface area contributed by atoms with E-state index in [2.05, 4.69) is 19.1 Å². The highest BCUT2D eigenvalue weighted by Crippen LogP contribution is 2.17. The monoisotopic (exact) mass is 344 g/mol. The van der Waals surface area contributed by atoms with Crippen LogP contribution < -0.4 is 0 Å². The van der Waals surface area contributed by atoms with Crippen LogP contribution in [0.5, 0.6) is 0 Å². The van der Waals surface area contributed by atoms with Crippen LogP contribution in [0.15, 0.2) is 51.4 Å². The van der Waals surface area contributed by atoms with E-state index in [-0.39, 0.29) is 12.3 Å². The first-order valence-electron chi connectivity index (χ1n) is 8.97. The molecular weight excluding hydrogens is 316 g/mol. The van der Waals surface area contributed by atoms with Gasteiger partial charge in [-0.1, -0.05) is 18.6 Å². The van der Waals surface area contributed by atoms with Crippen LogP contribution in [-0.4, -0.2) is 11.1 Å². The molecule has 0 bridgehead atoms. The summed E-state index contributed by atoms with van der Waals surface area (Å²) in [4.78, 5) is 10.6. The average molecular weight is 344 g/mol. The van der Waals surface area contributed by atoms with Gasteiger partial charge >= 0.3 is 5.97 Å². The first-order chi connectivity index (χ1) is 12.0. The Morgan fingerprint density at radius 3 is 2.88 bits per heavy atom. The molecule has 0 aliphatic heterocycles. The van der Waals surface area contributed by atoms with Crippen LogP contribution >= 0.6 is 0 Å². The molecule has 0 spiro atoms. The summed E-state index contributed by atoms with van der Waals surface area (Å²) < 4.78 is 10.7. The predicted octanol–water partition coefficient (Wildman–Crippen LogP) is 5.62. The van der Waals surface area contributed by atoms with E-state index in [0.717, 1.165) is 49.8 Å². The van der Waals surface area contributed by atoms with Gasteiger partial charge in [0.05, 0.1) is 18.8 Å². The Morgan fingerprint density at radius 2 is 2.16 bits per heavy atom. The molecule has 0 fully saturated rings.